The minimum atomic E-state index is 0.115. The van der Waals surface area contributed by atoms with Crippen molar-refractivity contribution in [3.63, 3.8) is 0 Å². The van der Waals surface area contributed by atoms with Crippen LogP contribution in [0.3, 0.4) is 0 Å². The van der Waals surface area contributed by atoms with Gasteiger partial charge in [0.1, 0.15) is 5.75 Å². The third kappa shape index (κ3) is 4.78. The molecule has 7 aliphatic rings. The quantitative estimate of drug-likeness (QED) is 0.379. The van der Waals surface area contributed by atoms with Gasteiger partial charge in [-0.05, 0) is 151 Å². The lowest BCUT2D eigenvalue weighted by Gasteiger charge is -2.57. The fourth-order valence-electron chi connectivity index (χ4n) is 11.1. The van der Waals surface area contributed by atoms with Crippen LogP contribution in [0.25, 0.3) is 5.57 Å². The molecule has 1 N–H and O–H groups in total. The van der Waals surface area contributed by atoms with Crippen molar-refractivity contribution in [3.05, 3.63) is 82.0 Å². The van der Waals surface area contributed by atoms with Crippen LogP contribution in [0.1, 0.15) is 111 Å². The Morgan fingerprint density at radius 2 is 1.19 bits per heavy atom. The number of aryl methyl sites for hydroxylation is 1. The number of allylic oxidation sites excluding steroid dienone is 10. The third-order valence-electron chi connectivity index (χ3n) is 12.7. The molecule has 1 aromatic carbocycles. The molecule has 0 aliphatic heterocycles. The molecule has 7 aliphatic carbocycles. The molecule has 0 amide bonds. The highest BCUT2D eigenvalue weighted by Crippen LogP contribution is 2.64. The summed E-state index contributed by atoms with van der Waals surface area (Å²) >= 11 is 0. The minimum absolute atomic E-state index is 0.115. The van der Waals surface area contributed by atoms with E-state index in [0.717, 1.165) is 23.3 Å². The molecule has 0 radical (unpaired) electrons. The van der Waals surface area contributed by atoms with E-state index in [1.54, 1.807) is 0 Å². The van der Waals surface area contributed by atoms with E-state index < -0.39 is 0 Å². The SMILES string of the molecule is CC(C)=C(c1cc(C)cc(C23CC4CC(CC(C4)C2)C3)c1O)C1C2C=C(C(C)(C)C)C=CC2C2C=CC(C(C)(C)C)=CC21. The highest BCUT2D eigenvalue weighted by Gasteiger charge is 2.54. The van der Waals surface area contributed by atoms with Crippen LogP contribution in [0.4, 0.5) is 0 Å². The number of phenols is 1. The highest BCUT2D eigenvalue weighted by molar-refractivity contribution is 5.78. The molecule has 0 aromatic heterocycles. The number of fused-ring (bicyclic) bond motifs is 3. The van der Waals surface area contributed by atoms with Gasteiger partial charge in [-0.3, -0.25) is 0 Å². The standard InChI is InChI=1S/C42H56O/c1-24(2)37(35-14-25(3)15-36(39(35)43)42-21-26-16-27(22-42)18-28(17-26)23-42)38-33-19-29(40(4,5)6)10-12-31(33)32-13-11-30(20-34(32)38)41(7,8)9/h10-15,19-20,26-28,31-34,38,43H,16-18,21-23H2,1-9H3. The molecule has 0 heterocycles. The Bertz CT molecular complexity index is 1380. The summed E-state index contributed by atoms with van der Waals surface area (Å²) in [5, 5.41) is 12.5. The zero-order valence-corrected chi connectivity index (χ0v) is 28.4. The average molecular weight is 577 g/mol. The van der Waals surface area contributed by atoms with Crippen molar-refractivity contribution in [1.29, 1.82) is 0 Å². The zero-order valence-electron chi connectivity index (χ0n) is 28.4. The molecule has 8 rings (SSSR count). The summed E-state index contributed by atoms with van der Waals surface area (Å²) in [6.07, 6.45) is 23.4. The van der Waals surface area contributed by atoms with Gasteiger partial charge < -0.3 is 5.11 Å². The molecule has 4 unspecified atom stereocenters. The van der Waals surface area contributed by atoms with Crippen molar-refractivity contribution in [2.24, 2.45) is 58.2 Å². The van der Waals surface area contributed by atoms with Crippen molar-refractivity contribution >= 4 is 5.57 Å². The van der Waals surface area contributed by atoms with Gasteiger partial charge in [0.2, 0.25) is 0 Å². The van der Waals surface area contributed by atoms with Crippen LogP contribution in [-0.4, -0.2) is 5.11 Å². The first-order valence-electron chi connectivity index (χ1n) is 17.5. The number of benzene rings is 1. The van der Waals surface area contributed by atoms with Crippen molar-refractivity contribution in [1.82, 2.24) is 0 Å². The predicted molar refractivity (Wildman–Crippen MR) is 182 cm³/mol. The number of hydrogen-bond donors (Lipinski definition) is 1. The summed E-state index contributed by atoms with van der Waals surface area (Å²) in [5.41, 5.74) is 9.83. The maximum Gasteiger partial charge on any atom is 0.126 e. The van der Waals surface area contributed by atoms with Crippen LogP contribution in [0, 0.1) is 65.1 Å². The lowest BCUT2D eigenvalue weighted by Crippen LogP contribution is -2.48. The summed E-state index contributed by atoms with van der Waals surface area (Å²) in [7, 11) is 0. The van der Waals surface area contributed by atoms with Crippen LogP contribution in [0.2, 0.25) is 0 Å². The van der Waals surface area contributed by atoms with Crippen LogP contribution >= 0.6 is 0 Å². The first kappa shape index (κ1) is 29.4. The van der Waals surface area contributed by atoms with Gasteiger partial charge in [-0.2, -0.15) is 0 Å². The summed E-state index contributed by atoms with van der Waals surface area (Å²) < 4.78 is 0. The Labute approximate surface area is 262 Å². The minimum Gasteiger partial charge on any atom is -0.507 e. The van der Waals surface area contributed by atoms with E-state index in [1.807, 2.05) is 0 Å². The molecule has 0 spiro atoms. The normalized spacial score (nSPS) is 37.6. The molecule has 5 fully saturated rings. The van der Waals surface area contributed by atoms with Crippen LogP contribution in [0.5, 0.6) is 5.75 Å². The molecular weight excluding hydrogens is 520 g/mol. The van der Waals surface area contributed by atoms with Gasteiger partial charge in [-0.15, -0.1) is 0 Å². The second kappa shape index (κ2) is 9.86. The van der Waals surface area contributed by atoms with Crippen molar-refractivity contribution in [3.8, 4) is 5.75 Å². The molecule has 230 valence electrons. The maximum atomic E-state index is 12.5. The molecular formula is C42H56O. The highest BCUT2D eigenvalue weighted by atomic mass is 16.3. The number of rotatable bonds is 3. The second-order valence-corrected chi connectivity index (χ2v) is 18.1. The van der Waals surface area contributed by atoms with Gasteiger partial charge >= 0.3 is 0 Å². The number of aromatic hydroxyl groups is 1. The summed E-state index contributed by atoms with van der Waals surface area (Å²) in [6.45, 7) is 21.0. The van der Waals surface area contributed by atoms with Crippen LogP contribution in [-0.2, 0) is 5.41 Å². The van der Waals surface area contributed by atoms with Crippen molar-refractivity contribution in [2.75, 3.05) is 0 Å². The van der Waals surface area contributed by atoms with E-state index in [-0.39, 0.29) is 16.2 Å². The monoisotopic (exact) mass is 576 g/mol. The molecule has 0 saturated heterocycles. The third-order valence-corrected chi connectivity index (χ3v) is 12.7. The maximum absolute atomic E-state index is 12.5. The van der Waals surface area contributed by atoms with Gasteiger partial charge in [0, 0.05) is 11.1 Å². The van der Waals surface area contributed by atoms with Crippen molar-refractivity contribution < 1.29 is 5.11 Å². The fourth-order valence-corrected chi connectivity index (χ4v) is 11.1. The summed E-state index contributed by atoms with van der Waals surface area (Å²) in [4.78, 5) is 0. The summed E-state index contributed by atoms with van der Waals surface area (Å²) in [6, 6.07) is 4.72. The van der Waals surface area contributed by atoms with E-state index in [0.29, 0.717) is 35.3 Å². The molecule has 5 saturated carbocycles. The van der Waals surface area contributed by atoms with Gasteiger partial charge in [-0.1, -0.05) is 89.6 Å². The Hall–Kier alpha value is -2.28. The van der Waals surface area contributed by atoms with Gasteiger partial charge in [0.15, 0.2) is 0 Å². The molecule has 4 atom stereocenters. The Morgan fingerprint density at radius 1 is 0.721 bits per heavy atom. The largest absolute Gasteiger partial charge is 0.507 e. The van der Waals surface area contributed by atoms with Crippen LogP contribution in [0.15, 0.2) is 65.3 Å². The Kier molecular flexibility index (Phi) is 6.75. The number of hydrogen-bond acceptors (Lipinski definition) is 1. The fraction of sp³-hybridized carbons (Fsp3) is 0.619. The topological polar surface area (TPSA) is 20.2 Å². The Balaban J connectivity index is 1.39. The van der Waals surface area contributed by atoms with E-state index in [4.69, 9.17) is 0 Å². The van der Waals surface area contributed by atoms with Gasteiger partial charge in [0.05, 0.1) is 0 Å². The molecule has 1 aromatic rings. The summed E-state index contributed by atoms with van der Waals surface area (Å²) in [5.74, 6) is 5.34. The van der Waals surface area contributed by atoms with Gasteiger partial charge in [0.25, 0.3) is 0 Å². The Morgan fingerprint density at radius 3 is 1.60 bits per heavy atom. The van der Waals surface area contributed by atoms with Gasteiger partial charge in [-0.25, -0.2) is 0 Å². The first-order chi connectivity index (χ1) is 20.1. The van der Waals surface area contributed by atoms with Crippen LogP contribution < -0.4 is 0 Å². The lowest BCUT2D eigenvalue weighted by atomic mass is 9.48. The molecule has 1 heteroatoms. The molecule has 1 nitrogen and oxygen atoms in total. The molecule has 4 bridgehead atoms. The van der Waals surface area contributed by atoms with E-state index >= 15 is 0 Å². The second-order valence-electron chi connectivity index (χ2n) is 18.1. The van der Waals surface area contributed by atoms with E-state index in [2.05, 4.69) is 111 Å². The smallest absolute Gasteiger partial charge is 0.126 e. The first-order valence-corrected chi connectivity index (χ1v) is 17.5. The zero-order chi connectivity index (χ0) is 30.6. The van der Waals surface area contributed by atoms with E-state index in [1.165, 1.54) is 71.9 Å². The van der Waals surface area contributed by atoms with E-state index in [9.17, 15) is 5.11 Å². The van der Waals surface area contributed by atoms with Crippen molar-refractivity contribution in [2.45, 2.75) is 106 Å². The lowest BCUT2D eigenvalue weighted by molar-refractivity contribution is -0.00617. The average Bonchev–Trinajstić information content (AvgIpc) is 3.21. The molecule has 43 heavy (non-hydrogen) atoms. The predicted octanol–water partition coefficient (Wildman–Crippen LogP) is 11.1. The number of phenolic OH excluding ortho intramolecular Hbond substituents is 1.